The number of ether oxygens (including phenoxy) is 1. The molecule has 2 aromatic carbocycles. The van der Waals surface area contributed by atoms with Crippen LogP contribution in [0.25, 0.3) is 5.76 Å². The molecule has 2 fully saturated rings. The molecule has 0 radical (unpaired) electrons. The Morgan fingerprint density at radius 3 is 2.29 bits per heavy atom. The van der Waals surface area contributed by atoms with Crippen LogP contribution in [0, 0.1) is 0 Å². The smallest absolute Gasteiger partial charge is 0.295 e. The lowest BCUT2D eigenvalue weighted by molar-refractivity contribution is -0.141. The number of Topliss-reactive ketones (excluding diaryl/α,β-unsaturated/α-hetero) is 1. The van der Waals surface area contributed by atoms with Crippen molar-refractivity contribution < 1.29 is 24.5 Å². The lowest BCUT2D eigenvalue weighted by atomic mass is 9.94. The fourth-order valence-corrected chi connectivity index (χ4v) is 4.48. The number of aliphatic hydroxyl groups is 1. The maximum absolute atomic E-state index is 13.1. The summed E-state index contributed by atoms with van der Waals surface area (Å²) in [5, 5.41) is 20.8. The van der Waals surface area contributed by atoms with Gasteiger partial charge in [-0.1, -0.05) is 31.9 Å². The summed E-state index contributed by atoms with van der Waals surface area (Å²) in [6, 6.07) is 12.6. The molecule has 0 bridgehead atoms. The van der Waals surface area contributed by atoms with Crippen LogP contribution < -0.4 is 4.74 Å². The Morgan fingerprint density at radius 2 is 1.68 bits per heavy atom. The zero-order valence-corrected chi connectivity index (χ0v) is 17.6. The number of phenols is 1. The number of hydrogen-bond donors (Lipinski definition) is 2. The quantitative estimate of drug-likeness (QED) is 0.406. The van der Waals surface area contributed by atoms with Crippen molar-refractivity contribution in [2.45, 2.75) is 51.1 Å². The Morgan fingerprint density at radius 1 is 1.03 bits per heavy atom. The molecule has 31 heavy (non-hydrogen) atoms. The minimum Gasteiger partial charge on any atom is -0.508 e. The van der Waals surface area contributed by atoms with Gasteiger partial charge >= 0.3 is 0 Å². The number of aliphatic hydroxyl groups excluding tert-OH is 1. The van der Waals surface area contributed by atoms with E-state index in [1.165, 1.54) is 12.1 Å². The third kappa shape index (κ3) is 4.02. The van der Waals surface area contributed by atoms with Crippen LogP contribution in [-0.2, 0) is 9.59 Å². The molecule has 1 unspecified atom stereocenters. The number of carbonyl (C=O) groups excluding carboxylic acids is 2. The van der Waals surface area contributed by atoms with Crippen molar-refractivity contribution in [2.24, 2.45) is 0 Å². The first kappa shape index (κ1) is 21.0. The summed E-state index contributed by atoms with van der Waals surface area (Å²) >= 11 is 0. The predicted molar refractivity (Wildman–Crippen MR) is 117 cm³/mol. The molecular weight excluding hydrogens is 394 g/mol. The van der Waals surface area contributed by atoms with Crippen LogP contribution in [0.2, 0.25) is 0 Å². The topological polar surface area (TPSA) is 87.1 Å². The van der Waals surface area contributed by atoms with Gasteiger partial charge in [0.05, 0.1) is 18.2 Å². The number of ketones is 1. The molecule has 2 aliphatic rings. The summed E-state index contributed by atoms with van der Waals surface area (Å²) in [7, 11) is 0. The summed E-state index contributed by atoms with van der Waals surface area (Å²) in [5.74, 6) is -0.661. The van der Waals surface area contributed by atoms with Crippen LogP contribution in [0.5, 0.6) is 11.5 Å². The van der Waals surface area contributed by atoms with Crippen LogP contribution in [0.15, 0.2) is 54.1 Å². The third-order valence-corrected chi connectivity index (χ3v) is 6.01. The van der Waals surface area contributed by atoms with E-state index in [4.69, 9.17) is 4.74 Å². The van der Waals surface area contributed by atoms with Gasteiger partial charge in [0.25, 0.3) is 11.7 Å². The Balaban J connectivity index is 1.78. The van der Waals surface area contributed by atoms with E-state index in [1.807, 2.05) is 6.92 Å². The summed E-state index contributed by atoms with van der Waals surface area (Å²) in [5.41, 5.74) is 1.23. The Hall–Kier alpha value is -3.28. The van der Waals surface area contributed by atoms with Crippen LogP contribution >= 0.6 is 0 Å². The molecule has 1 amide bonds. The summed E-state index contributed by atoms with van der Waals surface area (Å²) in [6.07, 6.45) is 4.58. The van der Waals surface area contributed by atoms with E-state index in [1.54, 1.807) is 41.3 Å². The Kier molecular flexibility index (Phi) is 5.98. The molecule has 6 nitrogen and oxygen atoms in total. The van der Waals surface area contributed by atoms with E-state index in [0.717, 1.165) is 32.1 Å². The zero-order valence-electron chi connectivity index (χ0n) is 17.6. The standard InChI is InChI=1S/C25H27NO5/c1-2-15-31-20-13-9-17(10-14-20)23(28)21-22(16-7-11-19(27)12-8-16)26(25(30)24(21)29)18-5-3-4-6-18/h7-14,18,22,27-28H,2-6,15H2,1H3/b23-21-. The van der Waals surface area contributed by atoms with Crippen LogP contribution in [0.4, 0.5) is 0 Å². The van der Waals surface area contributed by atoms with Crippen molar-refractivity contribution in [1.82, 2.24) is 4.90 Å². The van der Waals surface area contributed by atoms with Crippen molar-refractivity contribution >= 4 is 17.4 Å². The molecule has 1 atom stereocenters. The number of amides is 1. The first-order chi connectivity index (χ1) is 15.0. The largest absolute Gasteiger partial charge is 0.508 e. The molecular formula is C25H27NO5. The monoisotopic (exact) mass is 421 g/mol. The molecule has 4 rings (SSSR count). The van der Waals surface area contributed by atoms with Gasteiger partial charge in [-0.25, -0.2) is 0 Å². The fourth-order valence-electron chi connectivity index (χ4n) is 4.48. The molecule has 1 aliphatic heterocycles. The number of carbonyl (C=O) groups is 2. The molecule has 0 spiro atoms. The molecule has 1 saturated heterocycles. The molecule has 1 aliphatic carbocycles. The molecule has 1 heterocycles. The Bertz CT molecular complexity index is 988. The summed E-state index contributed by atoms with van der Waals surface area (Å²) in [6.45, 7) is 2.62. The van der Waals surface area contributed by atoms with Crippen molar-refractivity contribution in [3.63, 3.8) is 0 Å². The van der Waals surface area contributed by atoms with Gasteiger partial charge in [0.2, 0.25) is 0 Å². The van der Waals surface area contributed by atoms with Crippen molar-refractivity contribution in [2.75, 3.05) is 6.61 Å². The van der Waals surface area contributed by atoms with E-state index in [9.17, 15) is 19.8 Å². The van der Waals surface area contributed by atoms with E-state index < -0.39 is 17.7 Å². The first-order valence-electron chi connectivity index (χ1n) is 10.8. The zero-order chi connectivity index (χ0) is 22.0. The van der Waals surface area contributed by atoms with Crippen LogP contribution in [0.1, 0.15) is 56.2 Å². The SMILES string of the molecule is CCCOc1ccc(/C(O)=C2/C(=O)C(=O)N(C3CCCC3)C2c2ccc(O)cc2)cc1. The van der Waals surface area contributed by atoms with Gasteiger partial charge < -0.3 is 19.8 Å². The molecule has 1 saturated carbocycles. The van der Waals surface area contributed by atoms with Crippen LogP contribution in [0.3, 0.4) is 0 Å². The van der Waals surface area contributed by atoms with E-state index in [-0.39, 0.29) is 23.1 Å². The van der Waals surface area contributed by atoms with Gasteiger partial charge in [-0.3, -0.25) is 9.59 Å². The normalized spacial score (nSPS) is 21.1. The van der Waals surface area contributed by atoms with Gasteiger partial charge in [-0.2, -0.15) is 0 Å². The predicted octanol–water partition coefficient (Wildman–Crippen LogP) is 4.55. The second kappa shape index (κ2) is 8.84. The number of rotatable bonds is 6. The van der Waals surface area contributed by atoms with E-state index in [0.29, 0.717) is 23.5 Å². The van der Waals surface area contributed by atoms with Gasteiger partial charge in [0.1, 0.15) is 17.3 Å². The van der Waals surface area contributed by atoms with E-state index >= 15 is 0 Å². The average molecular weight is 421 g/mol. The van der Waals surface area contributed by atoms with Gasteiger partial charge in [-0.05, 0) is 61.2 Å². The molecule has 162 valence electrons. The summed E-state index contributed by atoms with van der Waals surface area (Å²) in [4.78, 5) is 27.7. The minimum atomic E-state index is -0.681. The van der Waals surface area contributed by atoms with Crippen molar-refractivity contribution in [3.05, 3.63) is 65.2 Å². The molecule has 2 aromatic rings. The second-order valence-corrected chi connectivity index (χ2v) is 8.11. The third-order valence-electron chi connectivity index (χ3n) is 6.01. The highest BCUT2D eigenvalue weighted by molar-refractivity contribution is 6.46. The number of likely N-dealkylation sites (tertiary alicyclic amines) is 1. The highest BCUT2D eigenvalue weighted by atomic mass is 16.5. The van der Waals surface area contributed by atoms with Gasteiger partial charge in [-0.15, -0.1) is 0 Å². The second-order valence-electron chi connectivity index (χ2n) is 8.11. The number of hydrogen-bond acceptors (Lipinski definition) is 5. The number of nitrogens with zero attached hydrogens (tertiary/aromatic N) is 1. The summed E-state index contributed by atoms with van der Waals surface area (Å²) < 4.78 is 5.59. The maximum Gasteiger partial charge on any atom is 0.295 e. The minimum absolute atomic E-state index is 0.0367. The lowest BCUT2D eigenvalue weighted by Gasteiger charge is -2.30. The van der Waals surface area contributed by atoms with Crippen LogP contribution in [-0.4, -0.2) is 39.5 Å². The van der Waals surface area contributed by atoms with Gasteiger partial charge in [0.15, 0.2) is 0 Å². The molecule has 2 N–H and O–H groups in total. The van der Waals surface area contributed by atoms with Crippen molar-refractivity contribution in [3.8, 4) is 11.5 Å². The lowest BCUT2D eigenvalue weighted by Crippen LogP contribution is -2.37. The first-order valence-corrected chi connectivity index (χ1v) is 10.8. The Labute approximate surface area is 181 Å². The molecule has 0 aromatic heterocycles. The van der Waals surface area contributed by atoms with Gasteiger partial charge in [0, 0.05) is 11.6 Å². The van der Waals surface area contributed by atoms with E-state index in [2.05, 4.69) is 0 Å². The average Bonchev–Trinajstić information content (AvgIpc) is 3.40. The van der Waals surface area contributed by atoms with Crippen molar-refractivity contribution in [1.29, 1.82) is 0 Å². The number of phenolic OH excluding ortho intramolecular Hbond substituents is 1. The number of benzene rings is 2. The highest BCUT2D eigenvalue weighted by Gasteiger charge is 2.49. The molecule has 6 heteroatoms. The number of aromatic hydroxyl groups is 1. The fraction of sp³-hybridized carbons (Fsp3) is 0.360. The maximum atomic E-state index is 13.1. The highest BCUT2D eigenvalue weighted by Crippen LogP contribution is 2.43.